The summed E-state index contributed by atoms with van der Waals surface area (Å²) in [5.41, 5.74) is 0. The van der Waals surface area contributed by atoms with Crippen LogP contribution in [0.1, 0.15) is 13.8 Å². The van der Waals surface area contributed by atoms with Crippen LogP contribution in [0, 0.1) is 0 Å². The minimum atomic E-state index is -0.486. The molecule has 9 heavy (non-hydrogen) atoms. The second kappa shape index (κ2) is 16.1. The maximum Gasteiger partial charge on any atom is -0.147 e. The third-order valence-corrected chi connectivity index (χ3v) is 1.68. The van der Waals surface area contributed by atoms with Gasteiger partial charge in [-0.1, -0.05) is 0 Å². The van der Waals surface area contributed by atoms with Gasteiger partial charge in [-0.15, -0.1) is 24.8 Å². The monoisotopic (exact) mass is 210 g/mol. The average molecular weight is 211 g/mol. The van der Waals surface area contributed by atoms with Gasteiger partial charge >= 0.3 is 53.6 Å². The Labute approximate surface area is 78.4 Å². The van der Waals surface area contributed by atoms with Gasteiger partial charge in [0.15, 0.2) is 0 Å². The molecular formula is C4H12Cl2O2Ti. The smallest absolute Gasteiger partial charge is 0.147 e. The van der Waals surface area contributed by atoms with Crippen LogP contribution in [0.2, 0.25) is 0 Å². The molecule has 0 bridgehead atoms. The van der Waals surface area contributed by atoms with E-state index in [0.717, 1.165) is 13.2 Å². The molecule has 0 heterocycles. The molecule has 5 heteroatoms. The fraction of sp³-hybridized carbons (Fsp3) is 1.00. The summed E-state index contributed by atoms with van der Waals surface area (Å²) in [7, 11) is 0. The second-order valence-electron chi connectivity index (χ2n) is 0.949. The predicted molar refractivity (Wildman–Crippen MR) is 37.7 cm³/mol. The summed E-state index contributed by atoms with van der Waals surface area (Å²) in [5, 5.41) is 0. The van der Waals surface area contributed by atoms with Crippen LogP contribution in [-0.2, 0) is 26.6 Å². The van der Waals surface area contributed by atoms with Crippen molar-refractivity contribution in [2.45, 2.75) is 13.8 Å². The van der Waals surface area contributed by atoms with E-state index in [1.165, 1.54) is 0 Å². The van der Waals surface area contributed by atoms with E-state index in [9.17, 15) is 0 Å². The van der Waals surface area contributed by atoms with Crippen molar-refractivity contribution < 1.29 is 26.6 Å². The van der Waals surface area contributed by atoms with Crippen LogP contribution in [0.5, 0.6) is 0 Å². The minimum Gasteiger partial charge on any atom is -0.147 e. The molecule has 0 N–H and O–H groups in total. The summed E-state index contributed by atoms with van der Waals surface area (Å²) >= 11 is -0.486. The number of rotatable bonds is 4. The van der Waals surface area contributed by atoms with Crippen LogP contribution < -0.4 is 0 Å². The molecule has 0 amide bonds. The Bertz CT molecular complexity index is 35.7. The average Bonchev–Trinajstić information content (AvgIpc) is 1.69. The van der Waals surface area contributed by atoms with Crippen LogP contribution in [0.4, 0.5) is 0 Å². The summed E-state index contributed by atoms with van der Waals surface area (Å²) in [6.45, 7) is 5.53. The molecule has 0 atom stereocenters. The van der Waals surface area contributed by atoms with Gasteiger partial charge in [-0.05, 0) is 0 Å². The van der Waals surface area contributed by atoms with Crippen molar-refractivity contribution in [3.63, 3.8) is 0 Å². The van der Waals surface area contributed by atoms with E-state index in [1.807, 2.05) is 13.8 Å². The van der Waals surface area contributed by atoms with Gasteiger partial charge in [0.25, 0.3) is 0 Å². The minimum absolute atomic E-state index is 0. The maximum absolute atomic E-state index is 4.98. The Balaban J connectivity index is -0.000000180. The van der Waals surface area contributed by atoms with Gasteiger partial charge in [0.1, 0.15) is 0 Å². The van der Waals surface area contributed by atoms with Crippen molar-refractivity contribution in [2.24, 2.45) is 0 Å². The van der Waals surface area contributed by atoms with Gasteiger partial charge in [0, 0.05) is 0 Å². The summed E-state index contributed by atoms with van der Waals surface area (Å²) in [4.78, 5) is 0. The van der Waals surface area contributed by atoms with Crippen molar-refractivity contribution in [1.29, 1.82) is 0 Å². The van der Waals surface area contributed by atoms with Gasteiger partial charge in [-0.3, -0.25) is 0 Å². The van der Waals surface area contributed by atoms with E-state index < -0.39 is 19.9 Å². The van der Waals surface area contributed by atoms with Crippen LogP contribution in [0.15, 0.2) is 0 Å². The molecule has 0 aliphatic rings. The van der Waals surface area contributed by atoms with Crippen LogP contribution in [0.25, 0.3) is 0 Å². The first-order chi connectivity index (χ1) is 3.41. The van der Waals surface area contributed by atoms with Gasteiger partial charge in [-0.25, -0.2) is 0 Å². The van der Waals surface area contributed by atoms with Gasteiger partial charge in [-0.2, -0.15) is 0 Å². The Morgan fingerprint density at radius 3 is 1.56 bits per heavy atom. The van der Waals surface area contributed by atoms with Crippen molar-refractivity contribution in [3.8, 4) is 0 Å². The summed E-state index contributed by atoms with van der Waals surface area (Å²) < 4.78 is 9.95. The number of hydrogen-bond acceptors (Lipinski definition) is 2. The summed E-state index contributed by atoms with van der Waals surface area (Å²) in [5.74, 6) is 0. The quantitative estimate of drug-likeness (QED) is 0.521. The topological polar surface area (TPSA) is 18.5 Å². The van der Waals surface area contributed by atoms with E-state index in [0.29, 0.717) is 0 Å². The Morgan fingerprint density at radius 1 is 1.00 bits per heavy atom. The fourth-order valence-corrected chi connectivity index (χ4v) is 0.658. The number of halogens is 2. The van der Waals surface area contributed by atoms with Gasteiger partial charge in [0.05, 0.1) is 0 Å². The van der Waals surface area contributed by atoms with E-state index in [-0.39, 0.29) is 24.8 Å². The van der Waals surface area contributed by atoms with Crippen molar-refractivity contribution in [3.05, 3.63) is 0 Å². The Kier molecular flexibility index (Phi) is 29.8. The zero-order valence-corrected chi connectivity index (χ0v) is 8.74. The third kappa shape index (κ3) is 17.6. The molecule has 0 aromatic heterocycles. The zero-order valence-electron chi connectivity index (χ0n) is 5.55. The van der Waals surface area contributed by atoms with E-state index in [1.54, 1.807) is 0 Å². The molecule has 2 nitrogen and oxygen atoms in total. The van der Waals surface area contributed by atoms with E-state index in [4.69, 9.17) is 6.64 Å². The van der Waals surface area contributed by atoms with E-state index >= 15 is 0 Å². The van der Waals surface area contributed by atoms with E-state index in [2.05, 4.69) is 0 Å². The first-order valence-corrected chi connectivity index (χ1v) is 3.67. The van der Waals surface area contributed by atoms with Crippen molar-refractivity contribution >= 4 is 24.8 Å². The zero-order chi connectivity index (χ0) is 5.54. The Hall–Kier alpha value is 1.21. The molecule has 0 fully saturated rings. The predicted octanol–water partition coefficient (Wildman–Crippen LogP) is 1.82. The van der Waals surface area contributed by atoms with Crippen molar-refractivity contribution in [1.82, 2.24) is 0 Å². The third-order valence-electron chi connectivity index (χ3n) is 0.407. The summed E-state index contributed by atoms with van der Waals surface area (Å²) in [6.07, 6.45) is 0. The molecule has 0 aromatic carbocycles. The molecule has 0 spiro atoms. The molecule has 0 saturated carbocycles. The number of hydrogen-bond donors (Lipinski definition) is 0. The molecule has 58 valence electrons. The summed E-state index contributed by atoms with van der Waals surface area (Å²) in [6, 6.07) is 0. The molecule has 0 saturated heterocycles. The van der Waals surface area contributed by atoms with Crippen LogP contribution in [-0.4, -0.2) is 13.2 Å². The van der Waals surface area contributed by atoms with Gasteiger partial charge < -0.3 is 0 Å². The maximum atomic E-state index is 4.98. The second-order valence-corrected chi connectivity index (χ2v) is 2.11. The normalized spacial score (nSPS) is 6.89. The first-order valence-electron chi connectivity index (χ1n) is 2.40. The molecule has 0 aliphatic carbocycles. The largest absolute Gasteiger partial charge is 0.147 e. The standard InChI is InChI=1S/2C2H5O.2ClH.Ti/c2*1-2-3;;;/h2*2H2,1H3;2*1H;/q2*-1;;;+2. The van der Waals surface area contributed by atoms with Crippen LogP contribution >= 0.6 is 24.8 Å². The van der Waals surface area contributed by atoms with Crippen LogP contribution in [0.3, 0.4) is 0 Å². The first kappa shape index (κ1) is 16.7. The molecular weight excluding hydrogens is 199 g/mol. The molecule has 0 aliphatic heterocycles. The molecule has 0 unspecified atom stereocenters. The van der Waals surface area contributed by atoms with Crippen molar-refractivity contribution in [2.75, 3.05) is 13.2 Å². The Morgan fingerprint density at radius 2 is 1.33 bits per heavy atom. The SMILES string of the molecule is CC[O][Ti][O]CC.Cl.Cl. The fourth-order valence-electron chi connectivity index (χ4n) is 0.160. The molecule has 0 aromatic rings. The molecule has 0 rings (SSSR count). The van der Waals surface area contributed by atoms with Gasteiger partial charge in [0.2, 0.25) is 0 Å². The molecule has 0 radical (unpaired) electrons.